The smallest absolute Gasteiger partial charge is 0.191 e. The molecular formula is C20H29IN6O2S. The van der Waals surface area contributed by atoms with Gasteiger partial charge in [0.05, 0.1) is 6.26 Å². The maximum Gasteiger partial charge on any atom is 0.191 e. The molecule has 0 saturated carbocycles. The number of aliphatic imine (C=N–C) groups is 1. The Balaban J connectivity index is 0.00000320. The summed E-state index contributed by atoms with van der Waals surface area (Å²) in [6.45, 7) is 5.14. The van der Waals surface area contributed by atoms with Crippen molar-refractivity contribution in [1.82, 2.24) is 25.4 Å². The van der Waals surface area contributed by atoms with Crippen LogP contribution in [0.5, 0.6) is 0 Å². The number of aryl methyl sites for hydroxylation is 1. The van der Waals surface area contributed by atoms with Crippen LogP contribution in [0.2, 0.25) is 0 Å². The second kappa shape index (κ2) is 13.4. The average molecular weight is 544 g/mol. The lowest BCUT2D eigenvalue weighted by atomic mass is 10.3. The Bertz CT molecular complexity index is 864. The van der Waals surface area contributed by atoms with Crippen molar-refractivity contribution in [3.8, 4) is 0 Å². The maximum absolute atomic E-state index is 5.62. The normalized spacial score (nSPS) is 11.3. The molecule has 0 aliphatic carbocycles. The zero-order chi connectivity index (χ0) is 20.3. The van der Waals surface area contributed by atoms with Gasteiger partial charge in [0.25, 0.3) is 0 Å². The second-order valence-electron chi connectivity index (χ2n) is 6.56. The summed E-state index contributed by atoms with van der Waals surface area (Å²) in [6.07, 6.45) is 3.49. The number of ether oxygens (including phenoxy) is 1. The van der Waals surface area contributed by atoms with E-state index in [-0.39, 0.29) is 24.0 Å². The number of furan rings is 1. The maximum atomic E-state index is 5.62. The van der Waals surface area contributed by atoms with Gasteiger partial charge >= 0.3 is 0 Å². The number of nitrogens with one attached hydrogen (secondary N) is 2. The lowest BCUT2D eigenvalue weighted by Gasteiger charge is -2.12. The fraction of sp³-hybridized carbons (Fsp3) is 0.450. The van der Waals surface area contributed by atoms with Crippen molar-refractivity contribution in [1.29, 1.82) is 0 Å². The van der Waals surface area contributed by atoms with Crippen molar-refractivity contribution in [2.45, 2.75) is 32.9 Å². The first-order chi connectivity index (χ1) is 14.2. The van der Waals surface area contributed by atoms with Gasteiger partial charge < -0.3 is 24.4 Å². The molecule has 0 aromatic carbocycles. The molecular weight excluding hydrogens is 515 g/mol. The van der Waals surface area contributed by atoms with E-state index in [1.807, 2.05) is 30.7 Å². The molecule has 0 saturated heterocycles. The molecule has 10 heteroatoms. The second-order valence-corrected chi connectivity index (χ2v) is 7.59. The molecule has 164 valence electrons. The molecule has 0 amide bonds. The Morgan fingerprint density at radius 1 is 1.23 bits per heavy atom. The molecule has 3 aromatic rings. The van der Waals surface area contributed by atoms with E-state index in [4.69, 9.17) is 9.15 Å². The van der Waals surface area contributed by atoms with Crippen LogP contribution in [0.25, 0.3) is 0 Å². The van der Waals surface area contributed by atoms with Crippen LogP contribution in [-0.2, 0) is 31.4 Å². The first-order valence-electron chi connectivity index (χ1n) is 9.72. The van der Waals surface area contributed by atoms with Crippen molar-refractivity contribution in [2.24, 2.45) is 12.0 Å². The Morgan fingerprint density at radius 2 is 2.10 bits per heavy atom. The Morgan fingerprint density at radius 3 is 2.80 bits per heavy atom. The standard InChI is InChI=1S/C20H28N6O2S.HI/c1-16-24-25-19(26(16)2)14-23-20(22-10-8-18-7-4-13-29-18)21-9-5-11-27-15-17-6-3-12-28-17;/h3-4,6-7,12-13H,5,8-11,14-15H2,1-2H3,(H2,21,22,23);1H. The summed E-state index contributed by atoms with van der Waals surface area (Å²) in [5, 5.41) is 17.1. The Kier molecular flexibility index (Phi) is 10.9. The summed E-state index contributed by atoms with van der Waals surface area (Å²) < 4.78 is 12.8. The number of guanidine groups is 1. The molecule has 3 aromatic heterocycles. The van der Waals surface area contributed by atoms with Crippen molar-refractivity contribution in [2.75, 3.05) is 19.7 Å². The zero-order valence-corrected chi connectivity index (χ0v) is 20.5. The molecule has 0 atom stereocenters. The monoisotopic (exact) mass is 544 g/mol. The van der Waals surface area contributed by atoms with E-state index in [2.05, 4.69) is 43.3 Å². The molecule has 0 bridgehead atoms. The summed E-state index contributed by atoms with van der Waals surface area (Å²) in [5.74, 6) is 3.33. The van der Waals surface area contributed by atoms with Crippen LogP contribution in [0.3, 0.4) is 0 Å². The highest BCUT2D eigenvalue weighted by Gasteiger charge is 2.05. The van der Waals surface area contributed by atoms with E-state index in [9.17, 15) is 0 Å². The van der Waals surface area contributed by atoms with E-state index in [1.165, 1.54) is 4.88 Å². The Labute approximate surface area is 198 Å². The summed E-state index contributed by atoms with van der Waals surface area (Å²) in [6, 6.07) is 8.00. The van der Waals surface area contributed by atoms with Crippen LogP contribution in [0.1, 0.15) is 28.7 Å². The van der Waals surface area contributed by atoms with E-state index >= 15 is 0 Å². The number of halogens is 1. The van der Waals surface area contributed by atoms with E-state index in [1.54, 1.807) is 17.6 Å². The van der Waals surface area contributed by atoms with Gasteiger partial charge in [0, 0.05) is 31.6 Å². The van der Waals surface area contributed by atoms with Gasteiger partial charge in [-0.15, -0.1) is 45.5 Å². The summed E-state index contributed by atoms with van der Waals surface area (Å²) >= 11 is 1.77. The first-order valence-corrected chi connectivity index (χ1v) is 10.6. The van der Waals surface area contributed by atoms with Crippen molar-refractivity contribution >= 4 is 41.3 Å². The van der Waals surface area contributed by atoms with Gasteiger partial charge in [-0.25, -0.2) is 4.99 Å². The average Bonchev–Trinajstić information content (AvgIpc) is 3.48. The fourth-order valence-electron chi connectivity index (χ4n) is 2.62. The number of rotatable bonds is 11. The highest BCUT2D eigenvalue weighted by atomic mass is 127. The molecule has 30 heavy (non-hydrogen) atoms. The number of hydrogen-bond acceptors (Lipinski definition) is 6. The van der Waals surface area contributed by atoms with Crippen LogP contribution >= 0.6 is 35.3 Å². The molecule has 3 rings (SSSR count). The number of aromatic nitrogens is 3. The van der Waals surface area contributed by atoms with Crippen LogP contribution in [0.15, 0.2) is 45.3 Å². The van der Waals surface area contributed by atoms with Crippen molar-refractivity contribution in [3.05, 3.63) is 58.2 Å². The third kappa shape index (κ3) is 8.07. The minimum absolute atomic E-state index is 0. The van der Waals surface area contributed by atoms with Gasteiger partial charge in [-0.05, 0) is 43.3 Å². The molecule has 2 N–H and O–H groups in total. The number of hydrogen-bond donors (Lipinski definition) is 2. The highest BCUT2D eigenvalue weighted by molar-refractivity contribution is 14.0. The summed E-state index contributed by atoms with van der Waals surface area (Å²) in [7, 11) is 1.95. The predicted octanol–water partition coefficient (Wildman–Crippen LogP) is 3.28. The topological polar surface area (TPSA) is 89.5 Å². The molecule has 0 aliphatic heterocycles. The van der Waals surface area contributed by atoms with Crippen LogP contribution in [0.4, 0.5) is 0 Å². The molecule has 0 fully saturated rings. The van der Waals surface area contributed by atoms with Gasteiger partial charge in [-0.2, -0.15) is 0 Å². The third-order valence-electron chi connectivity index (χ3n) is 4.39. The fourth-order valence-corrected chi connectivity index (χ4v) is 3.33. The summed E-state index contributed by atoms with van der Waals surface area (Å²) in [5.41, 5.74) is 0. The lowest BCUT2D eigenvalue weighted by molar-refractivity contribution is 0.105. The van der Waals surface area contributed by atoms with Crippen molar-refractivity contribution in [3.63, 3.8) is 0 Å². The molecule has 0 aliphatic rings. The van der Waals surface area contributed by atoms with Crippen molar-refractivity contribution < 1.29 is 9.15 Å². The molecule has 0 unspecified atom stereocenters. The minimum Gasteiger partial charge on any atom is -0.467 e. The number of thiophene rings is 1. The molecule has 3 heterocycles. The molecule has 8 nitrogen and oxygen atoms in total. The first kappa shape index (κ1) is 24.4. The molecule has 0 radical (unpaired) electrons. The third-order valence-corrected chi connectivity index (χ3v) is 5.32. The predicted molar refractivity (Wildman–Crippen MR) is 129 cm³/mol. The van der Waals surface area contributed by atoms with E-state index < -0.39 is 0 Å². The van der Waals surface area contributed by atoms with Crippen LogP contribution < -0.4 is 10.6 Å². The highest BCUT2D eigenvalue weighted by Crippen LogP contribution is 2.08. The SMILES string of the molecule is Cc1nnc(CN=C(NCCCOCc2ccco2)NCCc2cccs2)n1C.I. The van der Waals surface area contributed by atoms with Crippen LogP contribution in [0, 0.1) is 6.92 Å². The quantitative estimate of drug-likeness (QED) is 0.167. The summed E-state index contributed by atoms with van der Waals surface area (Å²) in [4.78, 5) is 6.02. The number of nitrogens with zero attached hydrogens (tertiary/aromatic N) is 4. The van der Waals surface area contributed by atoms with Gasteiger partial charge in [-0.3, -0.25) is 0 Å². The van der Waals surface area contributed by atoms with E-state index in [0.29, 0.717) is 19.8 Å². The largest absolute Gasteiger partial charge is 0.467 e. The van der Waals surface area contributed by atoms with Gasteiger partial charge in [0.15, 0.2) is 11.8 Å². The lowest BCUT2D eigenvalue weighted by Crippen LogP contribution is -2.39. The Hall–Kier alpha value is -1.92. The van der Waals surface area contributed by atoms with E-state index in [0.717, 1.165) is 49.3 Å². The van der Waals surface area contributed by atoms with Crippen LogP contribution in [-0.4, -0.2) is 40.4 Å². The van der Waals surface area contributed by atoms with Gasteiger partial charge in [-0.1, -0.05) is 6.07 Å². The zero-order valence-electron chi connectivity index (χ0n) is 17.3. The van der Waals surface area contributed by atoms with Gasteiger partial charge in [0.1, 0.15) is 24.7 Å². The minimum atomic E-state index is 0. The van der Waals surface area contributed by atoms with Gasteiger partial charge in [0.2, 0.25) is 0 Å². The molecule has 0 spiro atoms.